The molecular weight excluding hydrogens is 286 g/mol. The van der Waals surface area contributed by atoms with E-state index in [1.54, 1.807) is 12.1 Å². The molecule has 90 valence electrons. The maximum absolute atomic E-state index is 10.8. The van der Waals surface area contributed by atoms with Crippen molar-refractivity contribution in [1.29, 1.82) is 0 Å². The van der Waals surface area contributed by atoms with Crippen molar-refractivity contribution in [3.63, 3.8) is 0 Å². The Bertz CT molecular complexity index is 455. The first-order valence-corrected chi connectivity index (χ1v) is 6.19. The molecular formula is C12H12BrNO3. The summed E-state index contributed by atoms with van der Waals surface area (Å²) in [6, 6.07) is 4.78. The van der Waals surface area contributed by atoms with Crippen LogP contribution in [0.25, 0.3) is 0 Å². The fourth-order valence-corrected chi connectivity index (χ4v) is 1.78. The SMILES string of the molecule is O=[N+]([O-])c1cc(Br)ccc1OCC=CC1CC1. The van der Waals surface area contributed by atoms with Gasteiger partial charge in [0.05, 0.1) is 4.92 Å². The van der Waals surface area contributed by atoms with Gasteiger partial charge in [-0.1, -0.05) is 28.1 Å². The van der Waals surface area contributed by atoms with E-state index in [2.05, 4.69) is 22.0 Å². The van der Waals surface area contributed by atoms with Gasteiger partial charge >= 0.3 is 5.69 Å². The van der Waals surface area contributed by atoms with E-state index in [0.717, 1.165) is 0 Å². The van der Waals surface area contributed by atoms with Crippen molar-refractivity contribution in [2.24, 2.45) is 5.92 Å². The summed E-state index contributed by atoms with van der Waals surface area (Å²) in [5, 5.41) is 10.8. The highest BCUT2D eigenvalue weighted by molar-refractivity contribution is 9.10. The second-order valence-electron chi connectivity index (χ2n) is 3.95. The predicted molar refractivity (Wildman–Crippen MR) is 68.2 cm³/mol. The Hall–Kier alpha value is -1.36. The predicted octanol–water partition coefficient (Wildman–Crippen LogP) is 3.70. The van der Waals surface area contributed by atoms with Gasteiger partial charge in [0.15, 0.2) is 5.75 Å². The average molecular weight is 298 g/mol. The van der Waals surface area contributed by atoms with E-state index >= 15 is 0 Å². The standard InChI is InChI=1S/C12H12BrNO3/c13-10-5-6-12(11(8-10)14(15)16)17-7-1-2-9-3-4-9/h1-2,5-6,8-9H,3-4,7H2. The molecule has 17 heavy (non-hydrogen) atoms. The van der Waals surface area contributed by atoms with Gasteiger partial charge in [0.25, 0.3) is 0 Å². The quantitative estimate of drug-likeness (QED) is 0.473. The van der Waals surface area contributed by atoms with Crippen molar-refractivity contribution in [2.75, 3.05) is 6.61 Å². The third-order valence-corrected chi connectivity index (χ3v) is 2.98. The van der Waals surface area contributed by atoms with Crippen molar-refractivity contribution in [2.45, 2.75) is 12.8 Å². The topological polar surface area (TPSA) is 52.4 Å². The minimum absolute atomic E-state index is 0.0146. The number of benzene rings is 1. The highest BCUT2D eigenvalue weighted by Gasteiger charge is 2.17. The molecule has 1 aromatic carbocycles. The molecule has 5 heteroatoms. The third kappa shape index (κ3) is 3.56. The Labute approximate surface area is 108 Å². The summed E-state index contributed by atoms with van der Waals surface area (Å²) in [4.78, 5) is 10.4. The molecule has 0 N–H and O–H groups in total. The van der Waals surface area contributed by atoms with E-state index in [-0.39, 0.29) is 5.69 Å². The fourth-order valence-electron chi connectivity index (χ4n) is 1.43. The first-order chi connectivity index (χ1) is 8.16. The number of ether oxygens (including phenoxy) is 1. The van der Waals surface area contributed by atoms with Gasteiger partial charge in [-0.2, -0.15) is 0 Å². The number of rotatable bonds is 5. The highest BCUT2D eigenvalue weighted by Crippen LogP contribution is 2.31. The van der Waals surface area contributed by atoms with Crippen LogP contribution in [0.4, 0.5) is 5.69 Å². The summed E-state index contributed by atoms with van der Waals surface area (Å²) in [5.41, 5.74) is -0.0146. The molecule has 0 spiro atoms. The molecule has 0 saturated heterocycles. The fraction of sp³-hybridized carbons (Fsp3) is 0.333. The van der Waals surface area contributed by atoms with Gasteiger partial charge in [-0.15, -0.1) is 0 Å². The van der Waals surface area contributed by atoms with Crippen LogP contribution in [0.3, 0.4) is 0 Å². The Balaban J connectivity index is 2.00. The molecule has 0 heterocycles. The molecule has 0 amide bonds. The van der Waals surface area contributed by atoms with E-state index < -0.39 is 4.92 Å². The number of nitro groups is 1. The van der Waals surface area contributed by atoms with E-state index in [1.807, 2.05) is 6.08 Å². The van der Waals surface area contributed by atoms with Gasteiger partial charge in [-0.3, -0.25) is 10.1 Å². The zero-order valence-electron chi connectivity index (χ0n) is 9.14. The normalized spacial score (nSPS) is 15.1. The Morgan fingerprint density at radius 1 is 1.53 bits per heavy atom. The Morgan fingerprint density at radius 2 is 2.29 bits per heavy atom. The van der Waals surface area contributed by atoms with Crippen LogP contribution in [-0.4, -0.2) is 11.5 Å². The molecule has 0 atom stereocenters. The number of nitrogens with zero attached hydrogens (tertiary/aromatic N) is 1. The van der Waals surface area contributed by atoms with Gasteiger partial charge in [-0.05, 0) is 30.9 Å². The molecule has 1 fully saturated rings. The van der Waals surface area contributed by atoms with Crippen LogP contribution < -0.4 is 4.74 Å². The molecule has 1 aromatic rings. The molecule has 1 saturated carbocycles. The molecule has 0 unspecified atom stereocenters. The van der Waals surface area contributed by atoms with E-state index in [1.165, 1.54) is 18.9 Å². The Morgan fingerprint density at radius 3 is 2.94 bits per heavy atom. The van der Waals surface area contributed by atoms with Crippen LogP contribution in [-0.2, 0) is 0 Å². The maximum atomic E-state index is 10.8. The molecule has 2 rings (SSSR count). The lowest BCUT2D eigenvalue weighted by molar-refractivity contribution is -0.385. The van der Waals surface area contributed by atoms with E-state index in [4.69, 9.17) is 4.74 Å². The smallest absolute Gasteiger partial charge is 0.312 e. The number of hydrogen-bond acceptors (Lipinski definition) is 3. The van der Waals surface area contributed by atoms with Gasteiger partial charge in [0, 0.05) is 10.5 Å². The summed E-state index contributed by atoms with van der Waals surface area (Å²) >= 11 is 3.20. The minimum atomic E-state index is -0.440. The zero-order valence-corrected chi connectivity index (χ0v) is 10.7. The minimum Gasteiger partial charge on any atom is -0.483 e. The summed E-state index contributed by atoms with van der Waals surface area (Å²) in [5.74, 6) is 0.997. The first kappa shape index (κ1) is 12.1. The second-order valence-corrected chi connectivity index (χ2v) is 4.86. The van der Waals surface area contributed by atoms with Crippen molar-refractivity contribution >= 4 is 21.6 Å². The number of halogens is 1. The number of allylic oxidation sites excluding steroid dienone is 1. The second kappa shape index (κ2) is 5.31. The molecule has 0 aliphatic heterocycles. The molecule has 0 radical (unpaired) electrons. The van der Waals surface area contributed by atoms with Crippen molar-refractivity contribution in [3.8, 4) is 5.75 Å². The summed E-state index contributed by atoms with van der Waals surface area (Å²) < 4.78 is 6.05. The summed E-state index contributed by atoms with van der Waals surface area (Å²) in [6.07, 6.45) is 6.51. The van der Waals surface area contributed by atoms with Gasteiger partial charge in [-0.25, -0.2) is 0 Å². The lowest BCUT2D eigenvalue weighted by Gasteiger charge is -2.04. The molecule has 4 nitrogen and oxygen atoms in total. The molecule has 0 aromatic heterocycles. The molecule has 1 aliphatic rings. The monoisotopic (exact) mass is 297 g/mol. The van der Waals surface area contributed by atoms with Gasteiger partial charge in [0.2, 0.25) is 0 Å². The van der Waals surface area contributed by atoms with Crippen molar-refractivity contribution in [1.82, 2.24) is 0 Å². The first-order valence-electron chi connectivity index (χ1n) is 5.40. The zero-order chi connectivity index (χ0) is 12.3. The van der Waals surface area contributed by atoms with Crippen LogP contribution in [0, 0.1) is 16.0 Å². The van der Waals surface area contributed by atoms with Gasteiger partial charge < -0.3 is 4.74 Å². The van der Waals surface area contributed by atoms with Gasteiger partial charge in [0.1, 0.15) is 6.61 Å². The number of nitro benzene ring substituents is 1. The van der Waals surface area contributed by atoms with Crippen molar-refractivity contribution < 1.29 is 9.66 Å². The Kier molecular flexibility index (Phi) is 3.78. The van der Waals surface area contributed by atoms with Crippen LogP contribution in [0.2, 0.25) is 0 Å². The van der Waals surface area contributed by atoms with Crippen LogP contribution >= 0.6 is 15.9 Å². The average Bonchev–Trinajstić information content (AvgIpc) is 3.09. The lowest BCUT2D eigenvalue weighted by Crippen LogP contribution is -1.98. The largest absolute Gasteiger partial charge is 0.483 e. The third-order valence-electron chi connectivity index (χ3n) is 2.48. The molecule has 1 aliphatic carbocycles. The van der Waals surface area contributed by atoms with Crippen molar-refractivity contribution in [3.05, 3.63) is 44.9 Å². The maximum Gasteiger partial charge on any atom is 0.312 e. The van der Waals surface area contributed by atoms with Crippen LogP contribution in [0.1, 0.15) is 12.8 Å². The van der Waals surface area contributed by atoms with Crippen LogP contribution in [0.5, 0.6) is 5.75 Å². The lowest BCUT2D eigenvalue weighted by atomic mass is 10.3. The van der Waals surface area contributed by atoms with E-state index in [9.17, 15) is 10.1 Å². The van der Waals surface area contributed by atoms with E-state index in [0.29, 0.717) is 22.7 Å². The number of hydrogen-bond donors (Lipinski definition) is 0. The highest BCUT2D eigenvalue weighted by atomic mass is 79.9. The molecule has 0 bridgehead atoms. The van der Waals surface area contributed by atoms with Crippen LogP contribution in [0.15, 0.2) is 34.8 Å². The summed E-state index contributed by atoms with van der Waals surface area (Å²) in [6.45, 7) is 0.374. The summed E-state index contributed by atoms with van der Waals surface area (Å²) in [7, 11) is 0.